The Labute approximate surface area is 178 Å². The second-order valence-corrected chi connectivity index (χ2v) is 10.9. The van der Waals surface area contributed by atoms with E-state index in [-0.39, 0.29) is 22.6 Å². The average Bonchev–Trinajstić information content (AvgIpc) is 3.23. The van der Waals surface area contributed by atoms with Crippen molar-refractivity contribution in [2.45, 2.75) is 62.1 Å². The molecule has 0 atom stereocenters. The van der Waals surface area contributed by atoms with Crippen LogP contribution in [0.15, 0.2) is 53.4 Å². The van der Waals surface area contributed by atoms with Crippen LogP contribution in [-0.2, 0) is 9.84 Å². The number of amides is 2. The molecule has 0 unspecified atom stereocenters. The molecular weight excluding hydrogens is 400 g/mol. The SMILES string of the molecule is CC(C)(C)NC(=O)c1ccc(C(=O)Nc2ccc(S(=O)(=O)C3CCCC3)cc2)cc1. The number of rotatable bonds is 5. The molecule has 6 nitrogen and oxygen atoms in total. The Bertz CT molecular complexity index is 1010. The van der Waals surface area contributed by atoms with Gasteiger partial charge in [0.25, 0.3) is 11.8 Å². The smallest absolute Gasteiger partial charge is 0.255 e. The Kier molecular flexibility index (Phi) is 6.31. The van der Waals surface area contributed by atoms with Crippen LogP contribution < -0.4 is 10.6 Å². The second-order valence-electron chi connectivity index (χ2n) is 8.71. The van der Waals surface area contributed by atoms with Crippen LogP contribution in [0.2, 0.25) is 0 Å². The zero-order valence-corrected chi connectivity index (χ0v) is 18.4. The molecule has 7 heteroatoms. The minimum absolute atomic E-state index is 0.200. The summed E-state index contributed by atoms with van der Waals surface area (Å²) in [6.45, 7) is 5.70. The topological polar surface area (TPSA) is 92.3 Å². The minimum atomic E-state index is -3.31. The molecule has 3 rings (SSSR count). The first-order chi connectivity index (χ1) is 14.1. The first kappa shape index (κ1) is 22.0. The van der Waals surface area contributed by atoms with Gasteiger partial charge in [-0.1, -0.05) is 12.8 Å². The van der Waals surface area contributed by atoms with Crippen LogP contribution in [0, 0.1) is 0 Å². The maximum absolute atomic E-state index is 12.6. The van der Waals surface area contributed by atoms with Crippen LogP contribution in [0.25, 0.3) is 0 Å². The molecular formula is C23H28N2O4S. The van der Waals surface area contributed by atoms with E-state index in [1.54, 1.807) is 48.5 Å². The lowest BCUT2D eigenvalue weighted by Crippen LogP contribution is -2.40. The predicted molar refractivity (Wildman–Crippen MR) is 117 cm³/mol. The molecule has 1 aliphatic rings. The average molecular weight is 429 g/mol. The van der Waals surface area contributed by atoms with E-state index in [0.29, 0.717) is 34.6 Å². The standard InChI is InChI=1S/C23H28N2O4S/c1-23(2,3)25-22(27)17-10-8-16(9-11-17)21(26)24-18-12-14-20(15-13-18)30(28,29)19-6-4-5-7-19/h8-15,19H,4-7H2,1-3H3,(H,24,26)(H,25,27). The van der Waals surface area contributed by atoms with Gasteiger partial charge in [0.05, 0.1) is 10.1 Å². The van der Waals surface area contributed by atoms with Gasteiger partial charge in [-0.25, -0.2) is 8.42 Å². The van der Waals surface area contributed by atoms with Crippen molar-refractivity contribution in [1.82, 2.24) is 5.32 Å². The summed E-state index contributed by atoms with van der Waals surface area (Å²) in [4.78, 5) is 25.0. The van der Waals surface area contributed by atoms with E-state index in [2.05, 4.69) is 10.6 Å². The molecule has 2 amide bonds. The van der Waals surface area contributed by atoms with Crippen LogP contribution in [0.1, 0.15) is 67.2 Å². The fourth-order valence-electron chi connectivity index (χ4n) is 3.51. The van der Waals surface area contributed by atoms with Crippen molar-refractivity contribution in [3.8, 4) is 0 Å². The molecule has 0 heterocycles. The van der Waals surface area contributed by atoms with Crippen molar-refractivity contribution in [2.24, 2.45) is 0 Å². The Morgan fingerprint density at radius 2 is 1.33 bits per heavy atom. The molecule has 0 spiro atoms. The lowest BCUT2D eigenvalue weighted by molar-refractivity contribution is 0.0918. The van der Waals surface area contributed by atoms with Gasteiger partial charge in [-0.15, -0.1) is 0 Å². The van der Waals surface area contributed by atoms with E-state index in [1.165, 1.54) is 0 Å². The number of hydrogen-bond acceptors (Lipinski definition) is 4. The van der Waals surface area contributed by atoms with Crippen LogP contribution >= 0.6 is 0 Å². The summed E-state index contributed by atoms with van der Waals surface area (Å²) in [5, 5.41) is 5.33. The largest absolute Gasteiger partial charge is 0.347 e. The maximum Gasteiger partial charge on any atom is 0.255 e. The highest BCUT2D eigenvalue weighted by atomic mass is 32.2. The fourth-order valence-corrected chi connectivity index (χ4v) is 5.36. The third-order valence-corrected chi connectivity index (χ3v) is 7.36. The highest BCUT2D eigenvalue weighted by Crippen LogP contribution is 2.30. The Morgan fingerprint density at radius 3 is 1.83 bits per heavy atom. The molecule has 2 N–H and O–H groups in total. The van der Waals surface area contributed by atoms with Gasteiger partial charge in [0, 0.05) is 22.4 Å². The number of carbonyl (C=O) groups excluding carboxylic acids is 2. The summed E-state index contributed by atoms with van der Waals surface area (Å²) < 4.78 is 25.3. The van der Waals surface area contributed by atoms with E-state index in [1.807, 2.05) is 20.8 Å². The van der Waals surface area contributed by atoms with Gasteiger partial charge in [-0.2, -0.15) is 0 Å². The lowest BCUT2D eigenvalue weighted by Gasteiger charge is -2.20. The summed E-state index contributed by atoms with van der Waals surface area (Å²) in [6.07, 6.45) is 3.33. The normalized spacial score (nSPS) is 15.0. The van der Waals surface area contributed by atoms with Gasteiger partial charge < -0.3 is 10.6 Å². The summed E-state index contributed by atoms with van der Waals surface area (Å²) in [7, 11) is -3.31. The summed E-state index contributed by atoms with van der Waals surface area (Å²) in [5.41, 5.74) is 1.05. The third-order valence-electron chi connectivity index (χ3n) is 5.08. The first-order valence-corrected chi connectivity index (χ1v) is 11.7. The Balaban J connectivity index is 1.65. The zero-order valence-electron chi connectivity index (χ0n) is 17.6. The van der Waals surface area contributed by atoms with Gasteiger partial charge in [0.1, 0.15) is 0 Å². The van der Waals surface area contributed by atoms with Crippen molar-refractivity contribution < 1.29 is 18.0 Å². The molecule has 0 saturated heterocycles. The number of nitrogens with one attached hydrogen (secondary N) is 2. The van der Waals surface area contributed by atoms with E-state index >= 15 is 0 Å². The molecule has 0 radical (unpaired) electrons. The monoisotopic (exact) mass is 428 g/mol. The van der Waals surface area contributed by atoms with E-state index in [4.69, 9.17) is 0 Å². The molecule has 2 aromatic carbocycles. The molecule has 1 fully saturated rings. The van der Waals surface area contributed by atoms with Crippen molar-refractivity contribution in [2.75, 3.05) is 5.32 Å². The molecule has 0 aromatic heterocycles. The summed E-state index contributed by atoms with van der Waals surface area (Å²) in [6, 6.07) is 12.7. The highest BCUT2D eigenvalue weighted by molar-refractivity contribution is 7.92. The zero-order chi connectivity index (χ0) is 21.9. The lowest BCUT2D eigenvalue weighted by atomic mass is 10.1. The summed E-state index contributed by atoms with van der Waals surface area (Å²) in [5.74, 6) is -0.530. The molecule has 0 aliphatic heterocycles. The predicted octanol–water partition coefficient (Wildman–Crippen LogP) is 4.18. The van der Waals surface area contributed by atoms with E-state index in [9.17, 15) is 18.0 Å². The number of benzene rings is 2. The fraction of sp³-hybridized carbons (Fsp3) is 0.391. The number of carbonyl (C=O) groups is 2. The molecule has 160 valence electrons. The Hall–Kier alpha value is -2.67. The van der Waals surface area contributed by atoms with Gasteiger partial charge in [0.2, 0.25) is 0 Å². The maximum atomic E-state index is 12.6. The van der Waals surface area contributed by atoms with Gasteiger partial charge >= 0.3 is 0 Å². The number of sulfone groups is 1. The second kappa shape index (κ2) is 8.60. The third kappa shape index (κ3) is 5.27. The quantitative estimate of drug-likeness (QED) is 0.747. The highest BCUT2D eigenvalue weighted by Gasteiger charge is 2.30. The first-order valence-electron chi connectivity index (χ1n) is 10.1. The van der Waals surface area contributed by atoms with Crippen LogP contribution in [0.5, 0.6) is 0 Å². The van der Waals surface area contributed by atoms with E-state index < -0.39 is 9.84 Å². The van der Waals surface area contributed by atoms with Crippen LogP contribution in [-0.4, -0.2) is 31.0 Å². The van der Waals surface area contributed by atoms with Crippen molar-refractivity contribution in [3.63, 3.8) is 0 Å². The molecule has 1 aliphatic carbocycles. The number of hydrogen-bond donors (Lipinski definition) is 2. The van der Waals surface area contributed by atoms with Gasteiger partial charge in [0.15, 0.2) is 9.84 Å². The molecule has 1 saturated carbocycles. The van der Waals surface area contributed by atoms with Crippen LogP contribution in [0.3, 0.4) is 0 Å². The molecule has 2 aromatic rings. The number of anilines is 1. The van der Waals surface area contributed by atoms with Crippen molar-refractivity contribution in [3.05, 3.63) is 59.7 Å². The summed E-state index contributed by atoms with van der Waals surface area (Å²) >= 11 is 0. The van der Waals surface area contributed by atoms with Gasteiger partial charge in [-0.05, 0) is 82.1 Å². The minimum Gasteiger partial charge on any atom is -0.347 e. The van der Waals surface area contributed by atoms with Crippen molar-refractivity contribution in [1.29, 1.82) is 0 Å². The van der Waals surface area contributed by atoms with Crippen LogP contribution in [0.4, 0.5) is 5.69 Å². The Morgan fingerprint density at radius 1 is 0.833 bits per heavy atom. The molecule has 30 heavy (non-hydrogen) atoms. The van der Waals surface area contributed by atoms with Crippen molar-refractivity contribution >= 4 is 27.3 Å². The molecule has 0 bridgehead atoms. The van der Waals surface area contributed by atoms with E-state index in [0.717, 1.165) is 12.8 Å². The van der Waals surface area contributed by atoms with Gasteiger partial charge in [-0.3, -0.25) is 9.59 Å².